The van der Waals surface area contributed by atoms with Crippen LogP contribution in [0.25, 0.3) is 0 Å². The van der Waals surface area contributed by atoms with Crippen molar-refractivity contribution in [3.05, 3.63) is 95.7 Å². The molecule has 21 heavy (non-hydrogen) atoms. The van der Waals surface area contributed by atoms with Crippen molar-refractivity contribution in [1.82, 2.24) is 4.98 Å². The quantitative estimate of drug-likeness (QED) is 0.780. The van der Waals surface area contributed by atoms with Gasteiger partial charge in [-0.15, -0.1) is 0 Å². The van der Waals surface area contributed by atoms with Crippen molar-refractivity contribution in [2.24, 2.45) is 0 Å². The van der Waals surface area contributed by atoms with Gasteiger partial charge < -0.3 is 5.73 Å². The third-order valence-electron chi connectivity index (χ3n) is 3.63. The minimum atomic E-state index is 0.220. The average molecular weight is 274 g/mol. The Morgan fingerprint density at radius 1 is 0.762 bits per heavy atom. The summed E-state index contributed by atoms with van der Waals surface area (Å²) in [6.45, 7) is 0. The molecule has 3 aromatic rings. The summed E-state index contributed by atoms with van der Waals surface area (Å²) in [6.07, 6.45) is 0.918. The lowest BCUT2D eigenvalue weighted by atomic mass is 9.89. The molecule has 1 atom stereocenters. The Labute approximate surface area is 125 Å². The maximum absolute atomic E-state index is 5.86. The summed E-state index contributed by atoms with van der Waals surface area (Å²) >= 11 is 0. The second-order valence-corrected chi connectivity index (χ2v) is 5.14. The maximum atomic E-state index is 5.86. The van der Waals surface area contributed by atoms with E-state index < -0.39 is 0 Å². The summed E-state index contributed by atoms with van der Waals surface area (Å²) < 4.78 is 0. The highest BCUT2D eigenvalue weighted by molar-refractivity contribution is 5.36. The summed E-state index contributed by atoms with van der Waals surface area (Å²) in [5.41, 5.74) is 9.44. The van der Waals surface area contributed by atoms with Crippen LogP contribution in [0.5, 0.6) is 0 Å². The van der Waals surface area contributed by atoms with Crippen molar-refractivity contribution in [1.29, 1.82) is 0 Å². The minimum absolute atomic E-state index is 0.220. The van der Waals surface area contributed by atoms with Crippen molar-refractivity contribution in [2.45, 2.75) is 12.3 Å². The second kappa shape index (κ2) is 6.23. The molecule has 1 heterocycles. The van der Waals surface area contributed by atoms with Gasteiger partial charge in [-0.1, -0.05) is 66.7 Å². The highest BCUT2D eigenvalue weighted by atomic mass is 14.8. The Hall–Kier alpha value is -2.61. The van der Waals surface area contributed by atoms with Crippen molar-refractivity contribution in [2.75, 3.05) is 5.73 Å². The van der Waals surface area contributed by atoms with Gasteiger partial charge in [0.1, 0.15) is 5.82 Å². The van der Waals surface area contributed by atoms with Gasteiger partial charge in [-0.3, -0.25) is 0 Å². The standard InChI is InChI=1S/C19H18N2/c20-19-13-7-12-18(21-19)17(16-10-5-2-6-11-16)14-15-8-3-1-4-9-15/h1-13,17H,14H2,(H2,20,21). The minimum Gasteiger partial charge on any atom is -0.384 e. The van der Waals surface area contributed by atoms with Crippen molar-refractivity contribution in [3.8, 4) is 0 Å². The molecule has 0 fully saturated rings. The molecule has 104 valence electrons. The SMILES string of the molecule is Nc1cccc(C(Cc2ccccc2)c2ccccc2)n1. The molecular weight excluding hydrogens is 256 g/mol. The Morgan fingerprint density at radius 2 is 1.43 bits per heavy atom. The number of benzene rings is 2. The first kappa shape index (κ1) is 13.4. The summed E-state index contributed by atoms with van der Waals surface area (Å²) in [5.74, 6) is 0.790. The van der Waals surface area contributed by atoms with Gasteiger partial charge in [0.2, 0.25) is 0 Å². The number of nitrogen functional groups attached to an aromatic ring is 1. The molecule has 0 aliphatic carbocycles. The fourth-order valence-electron chi connectivity index (χ4n) is 2.59. The van der Waals surface area contributed by atoms with E-state index in [0.29, 0.717) is 5.82 Å². The van der Waals surface area contributed by atoms with Crippen LogP contribution in [-0.2, 0) is 6.42 Å². The van der Waals surface area contributed by atoms with Crippen LogP contribution in [-0.4, -0.2) is 4.98 Å². The molecule has 0 aliphatic heterocycles. The Kier molecular flexibility index (Phi) is 3.97. The molecule has 0 saturated heterocycles. The number of hydrogen-bond acceptors (Lipinski definition) is 2. The molecule has 0 radical (unpaired) electrons. The van der Waals surface area contributed by atoms with Crippen molar-refractivity contribution < 1.29 is 0 Å². The number of anilines is 1. The molecule has 1 aromatic heterocycles. The number of aromatic nitrogens is 1. The molecule has 0 amide bonds. The van der Waals surface area contributed by atoms with Crippen molar-refractivity contribution in [3.63, 3.8) is 0 Å². The molecule has 1 unspecified atom stereocenters. The van der Waals surface area contributed by atoms with Crippen LogP contribution >= 0.6 is 0 Å². The zero-order valence-electron chi connectivity index (χ0n) is 11.8. The molecule has 0 aliphatic rings. The van der Waals surface area contributed by atoms with Crippen LogP contribution in [0.4, 0.5) is 5.82 Å². The van der Waals surface area contributed by atoms with E-state index in [1.54, 1.807) is 0 Å². The van der Waals surface area contributed by atoms with Gasteiger partial charge in [0, 0.05) is 5.92 Å². The lowest BCUT2D eigenvalue weighted by Gasteiger charge is -2.17. The number of rotatable bonds is 4. The summed E-state index contributed by atoms with van der Waals surface area (Å²) in [5, 5.41) is 0. The van der Waals surface area contributed by atoms with E-state index in [4.69, 9.17) is 5.73 Å². The molecule has 2 N–H and O–H groups in total. The van der Waals surface area contributed by atoms with Gasteiger partial charge >= 0.3 is 0 Å². The van der Waals surface area contributed by atoms with E-state index >= 15 is 0 Å². The lowest BCUT2D eigenvalue weighted by molar-refractivity contribution is 0.775. The van der Waals surface area contributed by atoms with Crippen LogP contribution in [0.3, 0.4) is 0 Å². The van der Waals surface area contributed by atoms with E-state index in [1.165, 1.54) is 11.1 Å². The second-order valence-electron chi connectivity index (χ2n) is 5.14. The molecule has 0 bridgehead atoms. The highest BCUT2D eigenvalue weighted by Gasteiger charge is 2.16. The van der Waals surface area contributed by atoms with Crippen LogP contribution in [0.15, 0.2) is 78.9 Å². The average Bonchev–Trinajstić information content (AvgIpc) is 2.54. The third kappa shape index (κ3) is 3.29. The van der Waals surface area contributed by atoms with Crippen LogP contribution in [0.2, 0.25) is 0 Å². The number of hydrogen-bond donors (Lipinski definition) is 1. The first-order valence-electron chi connectivity index (χ1n) is 7.14. The molecule has 2 nitrogen and oxygen atoms in total. The van der Waals surface area contributed by atoms with E-state index in [9.17, 15) is 0 Å². The summed E-state index contributed by atoms with van der Waals surface area (Å²) in [4.78, 5) is 4.52. The number of pyridine rings is 1. The summed E-state index contributed by atoms with van der Waals surface area (Å²) in [7, 11) is 0. The predicted octanol–water partition coefficient (Wildman–Crippen LogP) is 4.04. The largest absolute Gasteiger partial charge is 0.384 e. The molecule has 0 saturated carbocycles. The van der Waals surface area contributed by atoms with Crippen LogP contribution in [0.1, 0.15) is 22.7 Å². The van der Waals surface area contributed by atoms with E-state index in [2.05, 4.69) is 59.6 Å². The first-order valence-corrected chi connectivity index (χ1v) is 7.14. The van der Waals surface area contributed by atoms with Crippen LogP contribution < -0.4 is 5.73 Å². The van der Waals surface area contributed by atoms with Gasteiger partial charge in [0.15, 0.2) is 0 Å². The topological polar surface area (TPSA) is 38.9 Å². The smallest absolute Gasteiger partial charge is 0.123 e. The highest BCUT2D eigenvalue weighted by Crippen LogP contribution is 2.27. The predicted molar refractivity (Wildman–Crippen MR) is 87.1 cm³/mol. The van der Waals surface area contributed by atoms with E-state index in [0.717, 1.165) is 12.1 Å². The van der Waals surface area contributed by atoms with Gasteiger partial charge in [-0.2, -0.15) is 0 Å². The summed E-state index contributed by atoms with van der Waals surface area (Å²) in [6, 6.07) is 26.8. The fraction of sp³-hybridized carbons (Fsp3) is 0.105. The lowest BCUT2D eigenvalue weighted by Crippen LogP contribution is -2.08. The Balaban J connectivity index is 1.99. The zero-order chi connectivity index (χ0) is 14.5. The van der Waals surface area contributed by atoms with Crippen LogP contribution in [0, 0.1) is 0 Å². The zero-order valence-corrected chi connectivity index (χ0v) is 11.8. The Morgan fingerprint density at radius 3 is 2.10 bits per heavy atom. The van der Waals surface area contributed by atoms with Crippen molar-refractivity contribution >= 4 is 5.82 Å². The Bertz CT molecular complexity index is 693. The first-order chi connectivity index (χ1) is 10.3. The third-order valence-corrected chi connectivity index (χ3v) is 3.63. The van der Waals surface area contributed by atoms with Gasteiger partial charge in [-0.25, -0.2) is 4.98 Å². The molecule has 2 heteroatoms. The monoisotopic (exact) mass is 274 g/mol. The van der Waals surface area contributed by atoms with Gasteiger partial charge in [0.25, 0.3) is 0 Å². The maximum Gasteiger partial charge on any atom is 0.123 e. The molecule has 2 aromatic carbocycles. The van der Waals surface area contributed by atoms with Gasteiger partial charge in [0.05, 0.1) is 5.69 Å². The normalized spacial score (nSPS) is 12.0. The van der Waals surface area contributed by atoms with E-state index in [-0.39, 0.29) is 5.92 Å². The van der Waals surface area contributed by atoms with E-state index in [1.807, 2.05) is 24.3 Å². The molecule has 0 spiro atoms. The molecule has 3 rings (SSSR count). The number of nitrogens with two attached hydrogens (primary N) is 1. The number of nitrogens with zero attached hydrogens (tertiary/aromatic N) is 1. The van der Waals surface area contributed by atoms with Gasteiger partial charge in [-0.05, 0) is 29.7 Å². The fourth-order valence-corrected chi connectivity index (χ4v) is 2.59. The molecular formula is C19H18N2.